The van der Waals surface area contributed by atoms with Crippen LogP contribution in [0, 0.1) is 19.7 Å². The molecule has 0 radical (unpaired) electrons. The van der Waals surface area contributed by atoms with Gasteiger partial charge in [-0.25, -0.2) is 9.07 Å². The van der Waals surface area contributed by atoms with Gasteiger partial charge in [0.25, 0.3) is 5.56 Å². The molecule has 0 saturated carbocycles. The Bertz CT molecular complexity index is 1370. The smallest absolute Gasteiger partial charge is 0.253 e. The van der Waals surface area contributed by atoms with Crippen molar-refractivity contribution in [1.82, 2.24) is 30.1 Å². The van der Waals surface area contributed by atoms with Gasteiger partial charge in [0.05, 0.1) is 18.2 Å². The number of hydrogen-bond acceptors (Lipinski definition) is 6. The van der Waals surface area contributed by atoms with Gasteiger partial charge in [-0.1, -0.05) is 24.3 Å². The fraction of sp³-hybridized carbons (Fsp3) is 0.360. The van der Waals surface area contributed by atoms with Crippen molar-refractivity contribution in [2.45, 2.75) is 45.4 Å². The lowest BCUT2D eigenvalue weighted by Gasteiger charge is -2.35. The average Bonchev–Trinajstić information content (AvgIpc) is 3.28. The third-order valence-corrected chi connectivity index (χ3v) is 6.79. The molecule has 1 saturated heterocycles. The molecule has 5 rings (SSSR count). The van der Waals surface area contributed by atoms with Gasteiger partial charge in [-0.2, -0.15) is 0 Å². The van der Waals surface area contributed by atoms with E-state index in [-0.39, 0.29) is 17.5 Å². The van der Waals surface area contributed by atoms with Gasteiger partial charge >= 0.3 is 0 Å². The van der Waals surface area contributed by atoms with Crippen LogP contribution in [0.25, 0.3) is 10.9 Å². The molecular weight excluding hydrogens is 435 g/mol. The Balaban J connectivity index is 1.61. The second-order valence-corrected chi connectivity index (χ2v) is 9.02. The summed E-state index contributed by atoms with van der Waals surface area (Å²) in [7, 11) is 0. The molecule has 1 atom stereocenters. The number of aryl methyl sites for hydroxylation is 2. The second kappa shape index (κ2) is 9.08. The zero-order valence-corrected chi connectivity index (χ0v) is 19.2. The van der Waals surface area contributed by atoms with E-state index >= 15 is 0 Å². The maximum Gasteiger partial charge on any atom is 0.253 e. The van der Waals surface area contributed by atoms with E-state index in [4.69, 9.17) is 0 Å². The van der Waals surface area contributed by atoms with E-state index in [1.165, 1.54) is 12.1 Å². The van der Waals surface area contributed by atoms with Crippen LogP contribution in [-0.2, 0) is 6.54 Å². The van der Waals surface area contributed by atoms with Gasteiger partial charge in [-0.15, -0.1) is 5.10 Å². The number of fused-ring (bicyclic) bond motifs is 1. The first-order valence-corrected chi connectivity index (χ1v) is 11.5. The summed E-state index contributed by atoms with van der Waals surface area (Å²) in [5.41, 5.74) is 4.20. The molecule has 0 aliphatic carbocycles. The Morgan fingerprint density at radius 1 is 1.15 bits per heavy atom. The number of pyridine rings is 1. The van der Waals surface area contributed by atoms with Crippen molar-refractivity contribution in [2.24, 2.45) is 0 Å². The molecule has 0 spiro atoms. The fourth-order valence-corrected chi connectivity index (χ4v) is 4.67. The molecule has 0 bridgehead atoms. The van der Waals surface area contributed by atoms with Gasteiger partial charge in [0.1, 0.15) is 11.9 Å². The highest BCUT2D eigenvalue weighted by molar-refractivity contribution is 5.83. The molecular formula is C25H27FN6O2. The Hall–Kier alpha value is -3.43. The van der Waals surface area contributed by atoms with Crippen LogP contribution in [0.5, 0.6) is 0 Å². The maximum absolute atomic E-state index is 13.4. The largest absolute Gasteiger partial charge is 0.393 e. The number of piperidine rings is 1. The van der Waals surface area contributed by atoms with E-state index in [1.807, 2.05) is 32.0 Å². The van der Waals surface area contributed by atoms with Crippen molar-refractivity contribution < 1.29 is 9.50 Å². The summed E-state index contributed by atoms with van der Waals surface area (Å²) in [5, 5.41) is 23.4. The number of aliphatic hydroxyl groups is 1. The van der Waals surface area contributed by atoms with Crippen LogP contribution in [0.15, 0.2) is 47.3 Å². The molecule has 0 unspecified atom stereocenters. The molecule has 1 aliphatic heterocycles. The molecule has 1 aliphatic rings. The SMILES string of the molecule is Cc1ccc2cc([C@H](c3nnnn3Cc3ccc(F)cc3)N3CCC(O)CC3)c(=O)[nH]c2c1C. The highest BCUT2D eigenvalue weighted by Gasteiger charge is 2.33. The molecule has 9 heteroatoms. The van der Waals surface area contributed by atoms with E-state index in [0.717, 1.165) is 27.6 Å². The molecule has 34 heavy (non-hydrogen) atoms. The molecule has 0 amide bonds. The van der Waals surface area contributed by atoms with Crippen LogP contribution in [-0.4, -0.2) is 54.4 Å². The van der Waals surface area contributed by atoms with Crippen LogP contribution < -0.4 is 5.56 Å². The minimum atomic E-state index is -0.488. The Morgan fingerprint density at radius 3 is 2.62 bits per heavy atom. The first-order chi connectivity index (χ1) is 16.4. The molecule has 1 fully saturated rings. The van der Waals surface area contributed by atoms with Gasteiger partial charge in [-0.3, -0.25) is 9.69 Å². The number of halogens is 1. The third kappa shape index (κ3) is 4.24. The Kier molecular flexibility index (Phi) is 5.97. The van der Waals surface area contributed by atoms with E-state index in [9.17, 15) is 14.3 Å². The third-order valence-electron chi connectivity index (χ3n) is 6.79. The summed E-state index contributed by atoms with van der Waals surface area (Å²) >= 11 is 0. The number of aromatic nitrogens is 5. The summed E-state index contributed by atoms with van der Waals surface area (Å²) in [6, 6.07) is 11.7. The predicted octanol–water partition coefficient (Wildman–Crippen LogP) is 2.86. The maximum atomic E-state index is 13.4. The topological polar surface area (TPSA) is 99.9 Å². The van der Waals surface area contributed by atoms with Crippen molar-refractivity contribution in [1.29, 1.82) is 0 Å². The molecule has 2 N–H and O–H groups in total. The number of rotatable bonds is 5. The standard InChI is InChI=1S/C25H27FN6O2/c1-15-3-6-18-13-21(25(34)27-22(18)16(15)2)23(31-11-9-20(33)10-12-31)24-28-29-30-32(24)14-17-4-7-19(26)8-5-17/h3-8,13,20,23,33H,9-12,14H2,1-2H3,(H,27,34)/t23-/m1/s1. The number of hydrogen-bond donors (Lipinski definition) is 2. The molecule has 8 nitrogen and oxygen atoms in total. The molecule has 3 heterocycles. The van der Waals surface area contributed by atoms with E-state index in [0.29, 0.717) is 43.9 Å². The highest BCUT2D eigenvalue weighted by atomic mass is 19.1. The van der Waals surface area contributed by atoms with Crippen LogP contribution in [0.2, 0.25) is 0 Å². The first kappa shape index (κ1) is 22.4. The quantitative estimate of drug-likeness (QED) is 0.473. The van der Waals surface area contributed by atoms with Gasteiger partial charge < -0.3 is 10.1 Å². The van der Waals surface area contributed by atoms with Gasteiger partial charge in [0.2, 0.25) is 0 Å². The van der Waals surface area contributed by atoms with E-state index in [2.05, 4.69) is 25.4 Å². The first-order valence-electron chi connectivity index (χ1n) is 11.5. The lowest BCUT2D eigenvalue weighted by atomic mass is 9.98. The number of nitrogens with zero attached hydrogens (tertiary/aromatic N) is 5. The van der Waals surface area contributed by atoms with Crippen molar-refractivity contribution in [3.63, 3.8) is 0 Å². The molecule has 2 aromatic heterocycles. The summed E-state index contributed by atoms with van der Waals surface area (Å²) in [6.45, 7) is 5.59. The minimum Gasteiger partial charge on any atom is -0.393 e. The number of tetrazole rings is 1. The monoisotopic (exact) mass is 462 g/mol. The van der Waals surface area contributed by atoms with Gasteiger partial charge in [0.15, 0.2) is 5.82 Å². The number of benzene rings is 2. The van der Waals surface area contributed by atoms with Crippen molar-refractivity contribution in [2.75, 3.05) is 13.1 Å². The number of aliphatic hydroxyl groups excluding tert-OH is 1. The molecule has 176 valence electrons. The summed E-state index contributed by atoms with van der Waals surface area (Å²) in [4.78, 5) is 18.6. The highest BCUT2D eigenvalue weighted by Crippen LogP contribution is 2.30. The zero-order chi connectivity index (χ0) is 23.8. The molecule has 2 aromatic carbocycles. The minimum absolute atomic E-state index is 0.186. The second-order valence-electron chi connectivity index (χ2n) is 9.02. The number of aromatic amines is 1. The normalized spacial score (nSPS) is 16.2. The van der Waals surface area contributed by atoms with Crippen LogP contribution in [0.3, 0.4) is 0 Å². The van der Waals surface area contributed by atoms with E-state index in [1.54, 1.807) is 16.8 Å². The van der Waals surface area contributed by atoms with Crippen molar-refractivity contribution in [3.8, 4) is 0 Å². The van der Waals surface area contributed by atoms with Crippen LogP contribution in [0.1, 0.15) is 47.0 Å². The van der Waals surface area contributed by atoms with Crippen LogP contribution in [0.4, 0.5) is 4.39 Å². The number of H-pyrrole nitrogens is 1. The zero-order valence-electron chi connectivity index (χ0n) is 19.2. The number of nitrogens with one attached hydrogen (secondary N) is 1. The summed E-state index contributed by atoms with van der Waals surface area (Å²) < 4.78 is 15.0. The lowest BCUT2D eigenvalue weighted by Crippen LogP contribution is -2.41. The van der Waals surface area contributed by atoms with Gasteiger partial charge in [0, 0.05) is 18.7 Å². The molecule has 4 aromatic rings. The van der Waals surface area contributed by atoms with E-state index < -0.39 is 6.04 Å². The lowest BCUT2D eigenvalue weighted by molar-refractivity contribution is 0.0659. The van der Waals surface area contributed by atoms with Crippen molar-refractivity contribution in [3.05, 3.63) is 86.7 Å². The number of likely N-dealkylation sites (tertiary alicyclic amines) is 1. The van der Waals surface area contributed by atoms with Crippen LogP contribution >= 0.6 is 0 Å². The van der Waals surface area contributed by atoms with Crippen molar-refractivity contribution >= 4 is 10.9 Å². The Labute approximate surface area is 196 Å². The van der Waals surface area contributed by atoms with Gasteiger partial charge in [-0.05, 0) is 77.4 Å². The summed E-state index contributed by atoms with van der Waals surface area (Å²) in [6.07, 6.45) is 0.868. The average molecular weight is 463 g/mol. The fourth-order valence-electron chi connectivity index (χ4n) is 4.67. The summed E-state index contributed by atoms with van der Waals surface area (Å²) in [5.74, 6) is 0.230. The Morgan fingerprint density at radius 2 is 1.88 bits per heavy atom. The predicted molar refractivity (Wildman–Crippen MR) is 126 cm³/mol.